The van der Waals surface area contributed by atoms with E-state index in [9.17, 15) is 0 Å². The number of benzene rings is 2. The van der Waals surface area contributed by atoms with E-state index in [0.717, 1.165) is 22.6 Å². The zero-order valence-corrected chi connectivity index (χ0v) is 9.72. The summed E-state index contributed by atoms with van der Waals surface area (Å²) in [6, 6.07) is 17.5. The van der Waals surface area contributed by atoms with E-state index in [-0.39, 0.29) is 0 Å². The molecule has 0 radical (unpaired) electrons. The van der Waals surface area contributed by atoms with Crippen molar-refractivity contribution in [1.29, 1.82) is 0 Å². The molecule has 3 N–H and O–H groups in total. The summed E-state index contributed by atoms with van der Waals surface area (Å²) in [7, 11) is 0. The van der Waals surface area contributed by atoms with Crippen molar-refractivity contribution in [3.05, 3.63) is 60.2 Å². The van der Waals surface area contributed by atoms with Gasteiger partial charge in [0.15, 0.2) is 0 Å². The van der Waals surface area contributed by atoms with Crippen LogP contribution in [0.2, 0.25) is 0 Å². The molecule has 17 heavy (non-hydrogen) atoms. The fraction of sp³-hybridized carbons (Fsp3) is 0.0714. The van der Waals surface area contributed by atoms with Crippen LogP contribution in [0, 0.1) is 0 Å². The Morgan fingerprint density at radius 2 is 1.65 bits per heavy atom. The fourth-order valence-electron chi connectivity index (χ4n) is 1.55. The van der Waals surface area contributed by atoms with Crippen molar-refractivity contribution < 1.29 is 0 Å². The highest BCUT2D eigenvalue weighted by Gasteiger charge is 2.00. The van der Waals surface area contributed by atoms with Gasteiger partial charge in [-0.05, 0) is 25.1 Å². The van der Waals surface area contributed by atoms with Gasteiger partial charge in [-0.3, -0.25) is 5.43 Å². The molecule has 0 spiro atoms. The van der Waals surface area contributed by atoms with Crippen LogP contribution < -0.4 is 11.2 Å². The zero-order chi connectivity index (χ0) is 12.1. The molecule has 0 saturated carbocycles. The van der Waals surface area contributed by atoms with Crippen molar-refractivity contribution in [2.24, 2.45) is 5.10 Å². The van der Waals surface area contributed by atoms with E-state index >= 15 is 0 Å². The van der Waals surface area contributed by atoms with Gasteiger partial charge in [-0.1, -0.05) is 36.4 Å². The summed E-state index contributed by atoms with van der Waals surface area (Å²) >= 11 is 0. The van der Waals surface area contributed by atoms with Gasteiger partial charge >= 0.3 is 0 Å². The average Bonchev–Trinajstić information content (AvgIpc) is 2.38. The van der Waals surface area contributed by atoms with Crippen LogP contribution in [0.15, 0.2) is 59.7 Å². The number of rotatable bonds is 3. The molecule has 0 saturated heterocycles. The van der Waals surface area contributed by atoms with Crippen molar-refractivity contribution in [2.45, 2.75) is 6.92 Å². The van der Waals surface area contributed by atoms with E-state index in [2.05, 4.69) is 10.5 Å². The Morgan fingerprint density at radius 3 is 2.35 bits per heavy atom. The van der Waals surface area contributed by atoms with Crippen molar-refractivity contribution >= 4 is 17.1 Å². The number of para-hydroxylation sites is 2. The molecular weight excluding hydrogens is 210 g/mol. The molecule has 3 nitrogen and oxygen atoms in total. The highest BCUT2D eigenvalue weighted by molar-refractivity contribution is 6.03. The van der Waals surface area contributed by atoms with Gasteiger partial charge < -0.3 is 5.73 Å². The highest BCUT2D eigenvalue weighted by atomic mass is 15.3. The molecule has 0 atom stereocenters. The Labute approximate surface area is 101 Å². The lowest BCUT2D eigenvalue weighted by molar-refractivity contribution is 1.32. The Hall–Kier alpha value is -2.29. The largest absolute Gasteiger partial charge is 0.398 e. The number of anilines is 2. The predicted molar refractivity (Wildman–Crippen MR) is 73.1 cm³/mol. The maximum absolute atomic E-state index is 5.88. The van der Waals surface area contributed by atoms with Crippen molar-refractivity contribution in [1.82, 2.24) is 0 Å². The summed E-state index contributed by atoms with van der Waals surface area (Å²) < 4.78 is 0. The average molecular weight is 225 g/mol. The predicted octanol–water partition coefficient (Wildman–Crippen LogP) is 3.10. The van der Waals surface area contributed by atoms with E-state index in [4.69, 9.17) is 5.73 Å². The number of hydrogen-bond acceptors (Lipinski definition) is 3. The Kier molecular flexibility index (Phi) is 3.40. The zero-order valence-electron chi connectivity index (χ0n) is 9.72. The third kappa shape index (κ3) is 2.84. The Balaban J connectivity index is 2.16. The van der Waals surface area contributed by atoms with Crippen LogP contribution in [-0.4, -0.2) is 5.71 Å². The van der Waals surface area contributed by atoms with Gasteiger partial charge in [-0.2, -0.15) is 5.10 Å². The van der Waals surface area contributed by atoms with Crippen LogP contribution in [-0.2, 0) is 0 Å². The second-order valence-electron chi connectivity index (χ2n) is 3.76. The molecule has 0 fully saturated rings. The number of hydrogen-bond donors (Lipinski definition) is 2. The van der Waals surface area contributed by atoms with Gasteiger partial charge in [0.1, 0.15) is 0 Å². The van der Waals surface area contributed by atoms with Crippen LogP contribution in [0.1, 0.15) is 12.5 Å². The van der Waals surface area contributed by atoms with Crippen molar-refractivity contribution in [3.8, 4) is 0 Å². The minimum atomic E-state index is 0.739. The van der Waals surface area contributed by atoms with Gasteiger partial charge in [-0.25, -0.2) is 0 Å². The monoisotopic (exact) mass is 225 g/mol. The van der Waals surface area contributed by atoms with Gasteiger partial charge in [0.2, 0.25) is 0 Å². The molecule has 0 heterocycles. The van der Waals surface area contributed by atoms with E-state index in [1.807, 2.05) is 61.5 Å². The Morgan fingerprint density at radius 1 is 1.00 bits per heavy atom. The molecule has 3 heteroatoms. The topological polar surface area (TPSA) is 50.4 Å². The molecule has 0 unspecified atom stereocenters. The number of hydrazone groups is 1. The number of nitrogens with zero attached hydrogens (tertiary/aromatic N) is 1. The van der Waals surface area contributed by atoms with E-state index < -0.39 is 0 Å². The summed E-state index contributed by atoms with van der Waals surface area (Å²) in [6.45, 7) is 1.93. The third-order valence-electron chi connectivity index (χ3n) is 2.48. The maximum atomic E-state index is 5.88. The molecule has 0 aromatic heterocycles. The van der Waals surface area contributed by atoms with Gasteiger partial charge in [-0.15, -0.1) is 0 Å². The Bertz CT molecular complexity index is 518. The van der Waals surface area contributed by atoms with Crippen LogP contribution in [0.25, 0.3) is 0 Å². The second-order valence-corrected chi connectivity index (χ2v) is 3.76. The molecule has 0 aliphatic carbocycles. The van der Waals surface area contributed by atoms with Gasteiger partial charge in [0, 0.05) is 11.3 Å². The molecule has 86 valence electrons. The summed E-state index contributed by atoms with van der Waals surface area (Å²) in [6.07, 6.45) is 0. The first-order valence-electron chi connectivity index (χ1n) is 5.47. The van der Waals surface area contributed by atoms with Crippen molar-refractivity contribution in [3.63, 3.8) is 0 Å². The lowest BCUT2D eigenvalue weighted by Crippen LogP contribution is -2.03. The van der Waals surface area contributed by atoms with Gasteiger partial charge in [0.05, 0.1) is 11.4 Å². The first-order valence-corrected chi connectivity index (χ1v) is 5.47. The lowest BCUT2D eigenvalue weighted by atomic mass is 10.1. The molecule has 2 aromatic rings. The fourth-order valence-corrected chi connectivity index (χ4v) is 1.55. The quantitative estimate of drug-likeness (QED) is 0.479. The smallest absolute Gasteiger partial charge is 0.0669 e. The maximum Gasteiger partial charge on any atom is 0.0669 e. The molecule has 0 amide bonds. The molecule has 0 bridgehead atoms. The van der Waals surface area contributed by atoms with Crippen LogP contribution >= 0.6 is 0 Å². The molecular formula is C14H15N3. The third-order valence-corrected chi connectivity index (χ3v) is 2.48. The minimum absolute atomic E-state index is 0.739. The highest BCUT2D eigenvalue weighted by Crippen LogP contribution is 2.12. The van der Waals surface area contributed by atoms with Gasteiger partial charge in [0.25, 0.3) is 0 Å². The van der Waals surface area contributed by atoms with Crippen LogP contribution in [0.5, 0.6) is 0 Å². The van der Waals surface area contributed by atoms with E-state index in [0.29, 0.717) is 0 Å². The van der Waals surface area contributed by atoms with Crippen LogP contribution in [0.4, 0.5) is 11.4 Å². The summed E-state index contributed by atoms with van der Waals surface area (Å²) in [4.78, 5) is 0. The number of nitrogen functional groups attached to an aromatic ring is 1. The molecule has 2 aromatic carbocycles. The number of nitrogens with one attached hydrogen (secondary N) is 1. The standard InChI is InChI=1S/C14H15N3/c1-11(13-9-5-6-10-14(13)15)16-17-12-7-3-2-4-8-12/h2-10,17H,15H2,1H3. The van der Waals surface area contributed by atoms with E-state index in [1.54, 1.807) is 0 Å². The van der Waals surface area contributed by atoms with Crippen LogP contribution in [0.3, 0.4) is 0 Å². The van der Waals surface area contributed by atoms with Crippen molar-refractivity contribution in [2.75, 3.05) is 11.2 Å². The summed E-state index contributed by atoms with van der Waals surface area (Å²) in [5, 5.41) is 4.31. The second kappa shape index (κ2) is 5.16. The molecule has 0 aliphatic rings. The molecule has 0 aliphatic heterocycles. The summed E-state index contributed by atoms with van der Waals surface area (Å²) in [5.74, 6) is 0. The first kappa shape index (κ1) is 11.2. The summed E-state index contributed by atoms with van der Waals surface area (Å²) in [5.41, 5.74) is 12.4. The number of nitrogens with two attached hydrogens (primary N) is 1. The SMILES string of the molecule is CC(=NNc1ccccc1)c1ccccc1N. The minimum Gasteiger partial charge on any atom is -0.398 e. The first-order chi connectivity index (χ1) is 8.27. The lowest BCUT2D eigenvalue weighted by Gasteiger charge is -2.05. The van der Waals surface area contributed by atoms with E-state index in [1.165, 1.54) is 0 Å². The molecule has 2 rings (SSSR count). The normalized spacial score (nSPS) is 11.2.